The second-order valence-corrected chi connectivity index (χ2v) is 6.15. The van der Waals surface area contributed by atoms with Crippen molar-refractivity contribution in [2.75, 3.05) is 0 Å². The standard InChI is InChI=1S/C15H20ClN3O/c1-11(2)9-19-14(17-10-18-19)8-15(3,20)12-4-6-13(16)7-5-12/h4-7,10-11,20H,8-9H2,1-3H3. The lowest BCUT2D eigenvalue weighted by atomic mass is 9.92. The molecule has 0 fully saturated rings. The van der Waals surface area contributed by atoms with Crippen molar-refractivity contribution < 1.29 is 5.11 Å². The minimum atomic E-state index is -0.994. The van der Waals surface area contributed by atoms with Crippen LogP contribution in [0.1, 0.15) is 32.2 Å². The van der Waals surface area contributed by atoms with Crippen LogP contribution in [0.5, 0.6) is 0 Å². The monoisotopic (exact) mass is 293 g/mol. The third-order valence-electron chi connectivity index (χ3n) is 3.20. The molecule has 1 aromatic heterocycles. The Balaban J connectivity index is 2.19. The quantitative estimate of drug-likeness (QED) is 0.922. The van der Waals surface area contributed by atoms with E-state index in [1.54, 1.807) is 19.1 Å². The van der Waals surface area contributed by atoms with Crippen LogP contribution in [-0.4, -0.2) is 19.9 Å². The van der Waals surface area contributed by atoms with E-state index in [0.717, 1.165) is 17.9 Å². The number of hydrogen-bond acceptors (Lipinski definition) is 3. The van der Waals surface area contributed by atoms with Crippen LogP contribution >= 0.6 is 11.6 Å². The summed E-state index contributed by atoms with van der Waals surface area (Å²) < 4.78 is 1.86. The molecule has 0 spiro atoms. The van der Waals surface area contributed by atoms with E-state index in [1.807, 2.05) is 16.8 Å². The van der Waals surface area contributed by atoms with E-state index < -0.39 is 5.60 Å². The average molecular weight is 294 g/mol. The van der Waals surface area contributed by atoms with E-state index in [9.17, 15) is 5.11 Å². The molecule has 1 heterocycles. The first-order chi connectivity index (χ1) is 9.38. The van der Waals surface area contributed by atoms with E-state index in [4.69, 9.17) is 11.6 Å². The summed E-state index contributed by atoms with van der Waals surface area (Å²) in [5.74, 6) is 1.27. The first-order valence-electron chi connectivity index (χ1n) is 6.73. The van der Waals surface area contributed by atoms with Crippen molar-refractivity contribution in [3.63, 3.8) is 0 Å². The normalized spacial score (nSPS) is 14.5. The SMILES string of the molecule is CC(C)Cn1ncnc1CC(C)(O)c1ccc(Cl)cc1. The molecule has 0 saturated heterocycles. The Hall–Kier alpha value is -1.39. The van der Waals surface area contributed by atoms with Crippen molar-refractivity contribution in [3.05, 3.63) is 47.0 Å². The summed E-state index contributed by atoms with van der Waals surface area (Å²) in [5.41, 5.74) is -0.173. The second kappa shape index (κ2) is 5.94. The van der Waals surface area contributed by atoms with Crippen molar-refractivity contribution in [2.45, 2.75) is 39.3 Å². The summed E-state index contributed by atoms with van der Waals surface area (Å²) in [6, 6.07) is 7.24. The van der Waals surface area contributed by atoms with Crippen LogP contribution in [-0.2, 0) is 18.6 Å². The van der Waals surface area contributed by atoms with E-state index in [0.29, 0.717) is 17.4 Å². The van der Waals surface area contributed by atoms with Gasteiger partial charge in [0.1, 0.15) is 12.2 Å². The summed E-state index contributed by atoms with van der Waals surface area (Å²) >= 11 is 5.88. The highest BCUT2D eigenvalue weighted by Gasteiger charge is 2.26. The molecule has 1 unspecified atom stereocenters. The number of aliphatic hydroxyl groups is 1. The maximum Gasteiger partial charge on any atom is 0.138 e. The summed E-state index contributed by atoms with van der Waals surface area (Å²) in [4.78, 5) is 4.26. The van der Waals surface area contributed by atoms with Gasteiger partial charge in [0, 0.05) is 18.0 Å². The molecule has 1 atom stereocenters. The molecule has 5 heteroatoms. The van der Waals surface area contributed by atoms with Crippen molar-refractivity contribution >= 4 is 11.6 Å². The molecule has 0 aliphatic carbocycles. The summed E-state index contributed by atoms with van der Waals surface area (Å²) in [6.07, 6.45) is 1.96. The molecule has 0 aliphatic heterocycles. The van der Waals surface area contributed by atoms with Crippen LogP contribution in [0.15, 0.2) is 30.6 Å². The van der Waals surface area contributed by atoms with Crippen LogP contribution in [0.2, 0.25) is 5.02 Å². The lowest BCUT2D eigenvalue weighted by Gasteiger charge is -2.24. The highest BCUT2D eigenvalue weighted by molar-refractivity contribution is 6.30. The zero-order chi connectivity index (χ0) is 14.8. The van der Waals surface area contributed by atoms with Gasteiger partial charge in [0.15, 0.2) is 0 Å². The topological polar surface area (TPSA) is 50.9 Å². The van der Waals surface area contributed by atoms with Crippen molar-refractivity contribution in [3.8, 4) is 0 Å². The number of nitrogens with zero attached hydrogens (tertiary/aromatic N) is 3. The molecule has 0 aliphatic rings. The molecule has 0 saturated carbocycles. The van der Waals surface area contributed by atoms with E-state index >= 15 is 0 Å². The van der Waals surface area contributed by atoms with Gasteiger partial charge in [-0.2, -0.15) is 5.10 Å². The number of aromatic nitrogens is 3. The minimum absolute atomic E-state index is 0.418. The van der Waals surface area contributed by atoms with Gasteiger partial charge in [-0.05, 0) is 30.5 Å². The highest BCUT2D eigenvalue weighted by Crippen LogP contribution is 2.26. The van der Waals surface area contributed by atoms with Gasteiger partial charge in [-0.15, -0.1) is 0 Å². The average Bonchev–Trinajstić information content (AvgIpc) is 2.75. The van der Waals surface area contributed by atoms with Crippen LogP contribution < -0.4 is 0 Å². The van der Waals surface area contributed by atoms with Crippen LogP contribution in [0.3, 0.4) is 0 Å². The lowest BCUT2D eigenvalue weighted by Crippen LogP contribution is -2.26. The fourth-order valence-electron chi connectivity index (χ4n) is 2.14. The molecule has 2 aromatic rings. The summed E-state index contributed by atoms with van der Waals surface area (Å²) in [6.45, 7) is 6.84. The van der Waals surface area contributed by atoms with Crippen LogP contribution in [0, 0.1) is 5.92 Å². The van der Waals surface area contributed by atoms with Crippen molar-refractivity contribution in [1.82, 2.24) is 14.8 Å². The van der Waals surface area contributed by atoms with Crippen molar-refractivity contribution in [1.29, 1.82) is 0 Å². The second-order valence-electron chi connectivity index (χ2n) is 5.71. The fraction of sp³-hybridized carbons (Fsp3) is 0.467. The maximum atomic E-state index is 10.7. The smallest absolute Gasteiger partial charge is 0.138 e. The molecule has 2 rings (SSSR count). The van der Waals surface area contributed by atoms with Gasteiger partial charge >= 0.3 is 0 Å². The Kier molecular flexibility index (Phi) is 4.45. The van der Waals surface area contributed by atoms with Gasteiger partial charge in [0.25, 0.3) is 0 Å². The van der Waals surface area contributed by atoms with Gasteiger partial charge in [-0.25, -0.2) is 9.67 Å². The molecule has 1 N–H and O–H groups in total. The van der Waals surface area contributed by atoms with E-state index in [1.165, 1.54) is 6.33 Å². The van der Waals surface area contributed by atoms with Gasteiger partial charge in [0.2, 0.25) is 0 Å². The third-order valence-corrected chi connectivity index (χ3v) is 3.45. The minimum Gasteiger partial charge on any atom is -0.385 e. The largest absolute Gasteiger partial charge is 0.385 e. The molecule has 108 valence electrons. The van der Waals surface area contributed by atoms with Gasteiger partial charge < -0.3 is 5.11 Å². The van der Waals surface area contributed by atoms with Crippen LogP contribution in [0.4, 0.5) is 0 Å². The zero-order valence-electron chi connectivity index (χ0n) is 12.0. The van der Waals surface area contributed by atoms with E-state index in [2.05, 4.69) is 23.9 Å². The van der Waals surface area contributed by atoms with Crippen LogP contribution in [0.25, 0.3) is 0 Å². The number of hydrogen-bond donors (Lipinski definition) is 1. The van der Waals surface area contributed by atoms with Gasteiger partial charge in [-0.3, -0.25) is 0 Å². The van der Waals surface area contributed by atoms with E-state index in [-0.39, 0.29) is 0 Å². The predicted octanol–water partition coefficient (Wildman–Crippen LogP) is 3.04. The highest BCUT2D eigenvalue weighted by atomic mass is 35.5. The molecule has 0 bridgehead atoms. The Labute approximate surface area is 124 Å². The Morgan fingerprint density at radius 2 is 1.95 bits per heavy atom. The van der Waals surface area contributed by atoms with Gasteiger partial charge in [0.05, 0.1) is 5.60 Å². The maximum absolute atomic E-state index is 10.7. The number of rotatable bonds is 5. The first-order valence-corrected chi connectivity index (χ1v) is 7.11. The predicted molar refractivity (Wildman–Crippen MR) is 79.6 cm³/mol. The molecule has 0 amide bonds. The molecule has 1 aromatic carbocycles. The number of benzene rings is 1. The molecule has 4 nitrogen and oxygen atoms in total. The fourth-order valence-corrected chi connectivity index (χ4v) is 2.27. The van der Waals surface area contributed by atoms with Crippen molar-refractivity contribution in [2.24, 2.45) is 5.92 Å². The lowest BCUT2D eigenvalue weighted by molar-refractivity contribution is 0.0540. The zero-order valence-corrected chi connectivity index (χ0v) is 12.8. The number of halogens is 1. The Morgan fingerprint density at radius 1 is 1.30 bits per heavy atom. The molecular formula is C15H20ClN3O. The summed E-state index contributed by atoms with van der Waals surface area (Å²) in [5, 5.41) is 15.6. The Morgan fingerprint density at radius 3 is 2.55 bits per heavy atom. The molecular weight excluding hydrogens is 274 g/mol. The third kappa shape index (κ3) is 3.58. The summed E-state index contributed by atoms with van der Waals surface area (Å²) in [7, 11) is 0. The Bertz CT molecular complexity index is 561. The molecule has 0 radical (unpaired) electrons. The van der Waals surface area contributed by atoms with Gasteiger partial charge in [-0.1, -0.05) is 37.6 Å². The first kappa shape index (κ1) is 15.0. The molecule has 20 heavy (non-hydrogen) atoms.